The van der Waals surface area contributed by atoms with Crippen molar-refractivity contribution in [2.24, 2.45) is 0 Å². The quantitative estimate of drug-likeness (QED) is 0.744. The lowest BCUT2D eigenvalue weighted by atomic mass is 10.1. The van der Waals surface area contributed by atoms with Gasteiger partial charge in [-0.25, -0.2) is 17.5 Å². The lowest BCUT2D eigenvalue weighted by molar-refractivity contribution is 0.600. The number of halogens is 1. The first kappa shape index (κ1) is 14.4. The molecule has 3 aromatic rings. The highest BCUT2D eigenvalue weighted by atomic mass is 32.2. The first-order chi connectivity index (χ1) is 10.5. The summed E-state index contributed by atoms with van der Waals surface area (Å²) in [5, 5.41) is 4.11. The molecule has 0 amide bonds. The molecule has 0 saturated carbocycles. The Balaban J connectivity index is 2.34. The van der Waals surface area contributed by atoms with Crippen LogP contribution in [0.3, 0.4) is 0 Å². The first-order valence-electron chi connectivity index (χ1n) is 6.41. The summed E-state index contributed by atoms with van der Waals surface area (Å²) < 4.78 is 38.7. The maximum absolute atomic E-state index is 13.1. The van der Waals surface area contributed by atoms with Gasteiger partial charge >= 0.3 is 0 Å². The zero-order valence-electron chi connectivity index (χ0n) is 11.6. The standard InChI is InChI=1S/C15H12FN3O2S/c1-22(20,21)14-10-17-9-13(11-3-5-12(16)6-4-11)15(14)19-8-2-7-18-19/h2-10H,1H3. The van der Waals surface area contributed by atoms with Gasteiger partial charge in [-0.2, -0.15) is 5.10 Å². The SMILES string of the molecule is CS(=O)(=O)c1cncc(-c2ccc(F)cc2)c1-n1cccn1. The van der Waals surface area contributed by atoms with Crippen LogP contribution in [0.2, 0.25) is 0 Å². The highest BCUT2D eigenvalue weighted by molar-refractivity contribution is 7.90. The Kier molecular flexibility index (Phi) is 3.50. The summed E-state index contributed by atoms with van der Waals surface area (Å²) in [6.45, 7) is 0. The van der Waals surface area contributed by atoms with Crippen molar-refractivity contribution in [1.29, 1.82) is 0 Å². The third-order valence-corrected chi connectivity index (χ3v) is 4.27. The van der Waals surface area contributed by atoms with Gasteiger partial charge < -0.3 is 0 Å². The number of nitrogens with zero attached hydrogens (tertiary/aromatic N) is 3. The van der Waals surface area contributed by atoms with E-state index in [0.29, 0.717) is 16.8 Å². The van der Waals surface area contributed by atoms with Gasteiger partial charge in [0.2, 0.25) is 0 Å². The minimum absolute atomic E-state index is 0.0676. The molecule has 2 heterocycles. The number of benzene rings is 1. The largest absolute Gasteiger partial charge is 0.263 e. The van der Waals surface area contributed by atoms with Gasteiger partial charge in [0, 0.05) is 36.6 Å². The molecule has 0 atom stereocenters. The van der Waals surface area contributed by atoms with Crippen molar-refractivity contribution in [2.45, 2.75) is 4.90 Å². The molecule has 112 valence electrons. The van der Waals surface area contributed by atoms with Crippen LogP contribution in [-0.2, 0) is 9.84 Å². The molecule has 0 aliphatic carbocycles. The third-order valence-electron chi connectivity index (χ3n) is 3.17. The topological polar surface area (TPSA) is 64.8 Å². The molecule has 5 nitrogen and oxygen atoms in total. The van der Waals surface area contributed by atoms with E-state index in [1.165, 1.54) is 23.0 Å². The van der Waals surface area contributed by atoms with Crippen molar-refractivity contribution >= 4 is 9.84 Å². The van der Waals surface area contributed by atoms with Gasteiger partial charge in [0.15, 0.2) is 9.84 Å². The molecule has 0 radical (unpaired) electrons. The fourth-order valence-corrected chi connectivity index (χ4v) is 2.99. The van der Waals surface area contributed by atoms with E-state index in [9.17, 15) is 12.8 Å². The Morgan fingerprint density at radius 3 is 2.45 bits per heavy atom. The highest BCUT2D eigenvalue weighted by Gasteiger charge is 2.20. The van der Waals surface area contributed by atoms with Gasteiger partial charge in [-0.1, -0.05) is 12.1 Å². The molecule has 0 aliphatic rings. The van der Waals surface area contributed by atoms with Gasteiger partial charge in [-0.3, -0.25) is 4.98 Å². The Bertz CT molecular complexity index is 904. The summed E-state index contributed by atoms with van der Waals surface area (Å²) in [7, 11) is -3.50. The van der Waals surface area contributed by atoms with Gasteiger partial charge in [-0.15, -0.1) is 0 Å². The van der Waals surface area contributed by atoms with Gasteiger partial charge in [0.05, 0.1) is 5.69 Å². The van der Waals surface area contributed by atoms with Gasteiger partial charge in [-0.05, 0) is 23.8 Å². The zero-order chi connectivity index (χ0) is 15.7. The van der Waals surface area contributed by atoms with E-state index in [0.717, 1.165) is 6.26 Å². The molecule has 0 N–H and O–H groups in total. The van der Waals surface area contributed by atoms with E-state index in [-0.39, 0.29) is 10.7 Å². The first-order valence-corrected chi connectivity index (χ1v) is 8.30. The summed E-state index contributed by atoms with van der Waals surface area (Å²) in [5.74, 6) is -0.364. The summed E-state index contributed by atoms with van der Waals surface area (Å²) in [4.78, 5) is 4.07. The molecule has 22 heavy (non-hydrogen) atoms. The van der Waals surface area contributed by atoms with E-state index < -0.39 is 9.84 Å². The lowest BCUT2D eigenvalue weighted by Gasteiger charge is -2.13. The second-order valence-electron chi connectivity index (χ2n) is 4.76. The summed E-state index contributed by atoms with van der Waals surface area (Å²) in [6.07, 6.45) is 7.15. The van der Waals surface area contributed by atoms with Gasteiger partial charge in [0.25, 0.3) is 0 Å². The second-order valence-corrected chi connectivity index (χ2v) is 6.75. The van der Waals surface area contributed by atoms with Crippen LogP contribution in [0.25, 0.3) is 16.8 Å². The van der Waals surface area contributed by atoms with Crippen molar-refractivity contribution in [3.8, 4) is 16.8 Å². The monoisotopic (exact) mass is 317 g/mol. The van der Waals surface area contributed by atoms with Crippen LogP contribution in [0.4, 0.5) is 4.39 Å². The molecule has 0 saturated heterocycles. The maximum atomic E-state index is 13.1. The molecule has 0 unspecified atom stereocenters. The Hall–Kier alpha value is -2.54. The van der Waals surface area contributed by atoms with Gasteiger partial charge in [0.1, 0.15) is 10.7 Å². The number of aromatic nitrogens is 3. The van der Waals surface area contributed by atoms with Crippen molar-refractivity contribution in [3.63, 3.8) is 0 Å². The minimum Gasteiger partial charge on any atom is -0.263 e. The third kappa shape index (κ3) is 2.62. The van der Waals surface area contributed by atoms with Crippen LogP contribution in [0.15, 0.2) is 60.0 Å². The van der Waals surface area contributed by atoms with Crippen molar-refractivity contribution in [2.75, 3.05) is 6.26 Å². The average Bonchev–Trinajstić information content (AvgIpc) is 3.00. The van der Waals surface area contributed by atoms with E-state index in [1.807, 2.05) is 0 Å². The molecule has 7 heteroatoms. The van der Waals surface area contributed by atoms with Crippen LogP contribution in [0, 0.1) is 5.82 Å². The molecule has 0 bridgehead atoms. The van der Waals surface area contributed by atoms with Crippen molar-refractivity contribution in [3.05, 3.63) is 60.9 Å². The molecule has 1 aromatic carbocycles. The van der Waals surface area contributed by atoms with Crippen LogP contribution in [0.5, 0.6) is 0 Å². The average molecular weight is 317 g/mol. The number of pyridine rings is 1. The Morgan fingerprint density at radius 2 is 1.86 bits per heavy atom. The normalized spacial score (nSPS) is 11.5. The highest BCUT2D eigenvalue weighted by Crippen LogP contribution is 2.30. The van der Waals surface area contributed by atoms with E-state index in [1.54, 1.807) is 36.8 Å². The van der Waals surface area contributed by atoms with E-state index >= 15 is 0 Å². The maximum Gasteiger partial charge on any atom is 0.179 e. The smallest absolute Gasteiger partial charge is 0.179 e. The molecule has 0 spiro atoms. The van der Waals surface area contributed by atoms with E-state index in [2.05, 4.69) is 10.1 Å². The molecule has 2 aromatic heterocycles. The number of hydrogen-bond donors (Lipinski definition) is 0. The molecule has 0 fully saturated rings. The van der Waals surface area contributed by atoms with E-state index in [4.69, 9.17) is 0 Å². The summed E-state index contributed by atoms with van der Waals surface area (Å²) in [6, 6.07) is 7.47. The minimum atomic E-state index is -3.50. The predicted octanol–water partition coefficient (Wildman–Crippen LogP) is 2.48. The molecule has 0 aliphatic heterocycles. The number of rotatable bonds is 3. The number of hydrogen-bond acceptors (Lipinski definition) is 4. The van der Waals surface area contributed by atoms with Crippen LogP contribution in [0.1, 0.15) is 0 Å². The molecular formula is C15H12FN3O2S. The van der Waals surface area contributed by atoms with Crippen molar-refractivity contribution in [1.82, 2.24) is 14.8 Å². The Morgan fingerprint density at radius 1 is 1.14 bits per heavy atom. The molecular weight excluding hydrogens is 305 g/mol. The number of sulfone groups is 1. The lowest BCUT2D eigenvalue weighted by Crippen LogP contribution is -2.08. The fourth-order valence-electron chi connectivity index (χ4n) is 2.18. The Labute approximate surface area is 127 Å². The predicted molar refractivity (Wildman–Crippen MR) is 79.9 cm³/mol. The van der Waals surface area contributed by atoms with Crippen LogP contribution < -0.4 is 0 Å². The zero-order valence-corrected chi connectivity index (χ0v) is 12.5. The second kappa shape index (κ2) is 5.34. The van der Waals surface area contributed by atoms with Crippen LogP contribution in [-0.4, -0.2) is 29.4 Å². The van der Waals surface area contributed by atoms with Crippen LogP contribution >= 0.6 is 0 Å². The fraction of sp³-hybridized carbons (Fsp3) is 0.0667. The molecule has 3 rings (SSSR count). The van der Waals surface area contributed by atoms with Crippen molar-refractivity contribution < 1.29 is 12.8 Å². The summed E-state index contributed by atoms with van der Waals surface area (Å²) >= 11 is 0. The summed E-state index contributed by atoms with van der Waals surface area (Å²) in [5.41, 5.74) is 1.62.